The van der Waals surface area contributed by atoms with E-state index in [1.54, 1.807) is 0 Å². The molecule has 1 aromatic carbocycles. The predicted octanol–water partition coefficient (Wildman–Crippen LogP) is 3.65. The van der Waals surface area contributed by atoms with Gasteiger partial charge in [-0.3, -0.25) is 0 Å². The molecule has 1 N–H and O–H groups in total. The Morgan fingerprint density at radius 2 is 2.11 bits per heavy atom. The van der Waals surface area contributed by atoms with E-state index < -0.39 is 0 Å². The van der Waals surface area contributed by atoms with Crippen molar-refractivity contribution in [2.75, 3.05) is 19.0 Å². The smallest absolute Gasteiger partial charge is 0.161 e. The number of benzene rings is 1. The van der Waals surface area contributed by atoms with Crippen molar-refractivity contribution in [1.82, 2.24) is 9.97 Å². The monoisotopic (exact) mass is 321 g/mol. The second-order valence-electron chi connectivity index (χ2n) is 4.01. The number of nitrogens with one attached hydrogen (secondary N) is 1. The van der Waals surface area contributed by atoms with Crippen molar-refractivity contribution in [1.29, 1.82) is 0 Å². The summed E-state index contributed by atoms with van der Waals surface area (Å²) in [6, 6.07) is 7.80. The van der Waals surface area contributed by atoms with E-state index in [9.17, 15) is 0 Å². The van der Waals surface area contributed by atoms with Gasteiger partial charge in [0.2, 0.25) is 0 Å². The van der Waals surface area contributed by atoms with Crippen LogP contribution in [0.5, 0.6) is 5.75 Å². The van der Waals surface area contributed by atoms with Crippen LogP contribution in [0.3, 0.4) is 0 Å². The van der Waals surface area contributed by atoms with Crippen LogP contribution in [0, 0.1) is 6.92 Å². The summed E-state index contributed by atoms with van der Waals surface area (Å²) in [5.41, 5.74) is 1.84. The van der Waals surface area contributed by atoms with Crippen molar-refractivity contribution < 1.29 is 4.74 Å². The zero-order valence-corrected chi connectivity index (χ0v) is 12.8. The lowest BCUT2D eigenvalue weighted by atomic mass is 10.2. The molecule has 0 atom stereocenters. The van der Waals surface area contributed by atoms with Gasteiger partial charge in [0.1, 0.15) is 11.6 Å². The highest BCUT2D eigenvalue weighted by Gasteiger charge is 2.10. The summed E-state index contributed by atoms with van der Waals surface area (Å²) in [7, 11) is 1.84. The number of anilines is 1. The lowest BCUT2D eigenvalue weighted by Gasteiger charge is -2.09. The highest BCUT2D eigenvalue weighted by atomic mass is 79.9. The Morgan fingerprint density at radius 1 is 1.32 bits per heavy atom. The van der Waals surface area contributed by atoms with Crippen LogP contribution in [0.1, 0.15) is 12.6 Å². The Labute approximate surface area is 121 Å². The van der Waals surface area contributed by atoms with Gasteiger partial charge in [0, 0.05) is 12.6 Å². The number of halogens is 1. The van der Waals surface area contributed by atoms with E-state index >= 15 is 0 Å². The summed E-state index contributed by atoms with van der Waals surface area (Å²) in [5.74, 6) is 2.30. The Morgan fingerprint density at radius 3 is 2.79 bits per heavy atom. The molecule has 0 spiro atoms. The minimum absolute atomic E-state index is 0.644. The van der Waals surface area contributed by atoms with Crippen LogP contribution in [0.15, 0.2) is 28.7 Å². The summed E-state index contributed by atoms with van der Waals surface area (Å²) in [6.45, 7) is 4.56. The third kappa shape index (κ3) is 3.04. The first-order valence-corrected chi connectivity index (χ1v) is 6.90. The van der Waals surface area contributed by atoms with Crippen molar-refractivity contribution in [3.8, 4) is 17.1 Å². The van der Waals surface area contributed by atoms with Gasteiger partial charge in [-0.2, -0.15) is 0 Å². The van der Waals surface area contributed by atoms with Crippen molar-refractivity contribution in [3.63, 3.8) is 0 Å². The van der Waals surface area contributed by atoms with Crippen LogP contribution < -0.4 is 10.1 Å². The summed E-state index contributed by atoms with van der Waals surface area (Å²) in [5, 5.41) is 3.06. The Hall–Kier alpha value is -1.62. The molecule has 1 aromatic heterocycles. The predicted molar refractivity (Wildman–Crippen MR) is 80.6 cm³/mol. The van der Waals surface area contributed by atoms with E-state index in [-0.39, 0.29) is 0 Å². The summed E-state index contributed by atoms with van der Waals surface area (Å²) in [4.78, 5) is 9.00. The average Bonchev–Trinajstić information content (AvgIpc) is 2.42. The zero-order valence-electron chi connectivity index (χ0n) is 11.2. The number of nitrogens with zero attached hydrogens (tertiary/aromatic N) is 2. The van der Waals surface area contributed by atoms with Gasteiger partial charge in [0.15, 0.2) is 5.82 Å². The fourth-order valence-corrected chi connectivity index (χ4v) is 2.12. The van der Waals surface area contributed by atoms with Crippen molar-refractivity contribution in [3.05, 3.63) is 34.4 Å². The first-order valence-electron chi connectivity index (χ1n) is 6.10. The minimum Gasteiger partial charge on any atom is -0.494 e. The fraction of sp³-hybridized carbons (Fsp3) is 0.286. The number of ether oxygens (including phenoxy) is 1. The molecule has 0 aliphatic heterocycles. The second kappa shape index (κ2) is 6.02. The lowest BCUT2D eigenvalue weighted by molar-refractivity contribution is 0.340. The third-order valence-corrected chi connectivity index (χ3v) is 3.61. The highest BCUT2D eigenvalue weighted by molar-refractivity contribution is 9.10. The molecule has 0 saturated heterocycles. The van der Waals surface area contributed by atoms with Crippen molar-refractivity contribution >= 4 is 21.7 Å². The molecule has 0 unspecified atom stereocenters. The van der Waals surface area contributed by atoms with E-state index in [1.807, 2.05) is 45.2 Å². The molecular weight excluding hydrogens is 306 g/mol. The number of hydrogen-bond acceptors (Lipinski definition) is 4. The quantitative estimate of drug-likeness (QED) is 0.933. The summed E-state index contributed by atoms with van der Waals surface area (Å²) in [6.07, 6.45) is 0. The molecule has 0 radical (unpaired) electrons. The van der Waals surface area contributed by atoms with Crippen LogP contribution in [0.4, 0.5) is 5.82 Å². The minimum atomic E-state index is 0.644. The zero-order chi connectivity index (χ0) is 13.8. The van der Waals surface area contributed by atoms with Gasteiger partial charge in [-0.05, 0) is 41.9 Å². The normalized spacial score (nSPS) is 10.3. The second-order valence-corrected chi connectivity index (χ2v) is 4.80. The average molecular weight is 322 g/mol. The molecule has 19 heavy (non-hydrogen) atoms. The van der Waals surface area contributed by atoms with Crippen molar-refractivity contribution in [2.24, 2.45) is 0 Å². The van der Waals surface area contributed by atoms with Gasteiger partial charge < -0.3 is 10.1 Å². The number of rotatable bonds is 4. The topological polar surface area (TPSA) is 47.0 Å². The number of hydrogen-bond donors (Lipinski definition) is 1. The molecule has 2 rings (SSSR count). The molecule has 100 valence electrons. The largest absolute Gasteiger partial charge is 0.494 e. The lowest BCUT2D eigenvalue weighted by Crippen LogP contribution is -2.01. The van der Waals surface area contributed by atoms with E-state index in [1.165, 1.54) is 0 Å². The van der Waals surface area contributed by atoms with E-state index in [0.29, 0.717) is 12.4 Å². The molecular formula is C14H16BrN3O. The molecule has 0 aliphatic carbocycles. The van der Waals surface area contributed by atoms with E-state index in [0.717, 1.165) is 27.3 Å². The van der Waals surface area contributed by atoms with Gasteiger partial charge in [-0.15, -0.1) is 0 Å². The first kappa shape index (κ1) is 13.8. The fourth-order valence-electron chi connectivity index (χ4n) is 1.75. The number of aromatic nitrogens is 2. The number of aryl methyl sites for hydroxylation is 1. The van der Waals surface area contributed by atoms with Crippen molar-refractivity contribution in [2.45, 2.75) is 13.8 Å². The molecule has 1 heterocycles. The maximum Gasteiger partial charge on any atom is 0.161 e. The molecule has 0 bridgehead atoms. The summed E-state index contributed by atoms with van der Waals surface area (Å²) >= 11 is 3.47. The van der Waals surface area contributed by atoms with Crippen LogP contribution in [0.25, 0.3) is 11.4 Å². The van der Waals surface area contributed by atoms with Crippen LogP contribution in [0.2, 0.25) is 0 Å². The SMILES string of the molecule is CCOc1cccc(-c2nc(C)c(Br)c(NC)n2)c1. The maximum absolute atomic E-state index is 5.50. The van der Waals surface area contributed by atoms with Gasteiger partial charge in [-0.25, -0.2) is 9.97 Å². The van der Waals surface area contributed by atoms with Gasteiger partial charge in [0.25, 0.3) is 0 Å². The van der Waals surface area contributed by atoms with E-state index in [4.69, 9.17) is 4.74 Å². The van der Waals surface area contributed by atoms with Crippen LogP contribution in [-0.2, 0) is 0 Å². The van der Waals surface area contributed by atoms with Gasteiger partial charge in [0.05, 0.1) is 16.8 Å². The standard InChI is InChI=1S/C14H16BrN3O/c1-4-19-11-7-5-6-10(8-11)13-17-9(2)12(15)14(16-3)18-13/h5-8H,4H2,1-3H3,(H,16,17,18). The first-order chi connectivity index (χ1) is 9.15. The van der Waals surface area contributed by atoms with E-state index in [2.05, 4.69) is 31.2 Å². The molecule has 0 amide bonds. The highest BCUT2D eigenvalue weighted by Crippen LogP contribution is 2.27. The molecule has 2 aromatic rings. The summed E-state index contributed by atoms with van der Waals surface area (Å²) < 4.78 is 6.39. The molecule has 4 nitrogen and oxygen atoms in total. The Kier molecular flexibility index (Phi) is 4.37. The third-order valence-electron chi connectivity index (χ3n) is 2.66. The molecule has 5 heteroatoms. The Bertz CT molecular complexity index is 587. The van der Waals surface area contributed by atoms with Crippen LogP contribution in [-0.4, -0.2) is 23.6 Å². The van der Waals surface area contributed by atoms with Gasteiger partial charge >= 0.3 is 0 Å². The molecule has 0 aliphatic rings. The van der Waals surface area contributed by atoms with Gasteiger partial charge in [-0.1, -0.05) is 12.1 Å². The Balaban J connectivity index is 2.46. The maximum atomic E-state index is 5.50. The molecule has 0 saturated carbocycles. The van der Waals surface area contributed by atoms with Crippen LogP contribution >= 0.6 is 15.9 Å². The molecule has 0 fully saturated rings.